The van der Waals surface area contributed by atoms with Crippen molar-refractivity contribution in [2.45, 2.75) is 6.92 Å². The summed E-state index contributed by atoms with van der Waals surface area (Å²) in [6.45, 7) is 1.47. The Bertz CT molecular complexity index is 45.0. The van der Waals surface area contributed by atoms with Crippen molar-refractivity contribution in [2.75, 3.05) is 0 Å². The van der Waals surface area contributed by atoms with E-state index in [-0.39, 0.29) is 28.5 Å². The fraction of sp³-hybridized carbons (Fsp3) is 0.250. The van der Waals surface area contributed by atoms with E-state index in [9.17, 15) is 4.79 Å². The summed E-state index contributed by atoms with van der Waals surface area (Å²) in [5.41, 5.74) is 0. The largest absolute Gasteiger partial charge is 2.00 e. The third kappa shape index (κ3) is 23.8. The molecule has 0 unspecified atom stereocenters. The normalized spacial score (nSPS) is 4.71. The summed E-state index contributed by atoms with van der Waals surface area (Å²) in [6, 6.07) is 0. The summed E-state index contributed by atoms with van der Waals surface area (Å²) >= 11 is 0. The Balaban J connectivity index is -0.0000000800. The maximum atomic E-state index is 9.31. The molecular weight excluding hydrogens is 264 g/mol. The van der Waals surface area contributed by atoms with E-state index in [0.717, 1.165) is 6.42 Å². The van der Waals surface area contributed by atoms with E-state index in [1.165, 1.54) is 6.92 Å². The van der Waals surface area contributed by atoms with Gasteiger partial charge in [0.25, 0.3) is 0 Å². The first kappa shape index (κ1) is 15.7. The molecule has 0 atom stereocenters. The van der Waals surface area contributed by atoms with Crippen LogP contribution in [0.1, 0.15) is 6.92 Å². The molecule has 0 heterocycles. The van der Waals surface area contributed by atoms with E-state index >= 15 is 0 Å². The van der Waals surface area contributed by atoms with Gasteiger partial charge in [-0.25, -0.2) is 0 Å². The molecule has 0 aliphatic carbocycles. The van der Waals surface area contributed by atoms with Crippen molar-refractivity contribution in [3.63, 3.8) is 0 Å². The van der Waals surface area contributed by atoms with Gasteiger partial charge in [-0.15, -0.1) is 0 Å². The zero-order chi connectivity index (χ0) is 4.28. The minimum atomic E-state index is -0.870. The van der Waals surface area contributed by atoms with Gasteiger partial charge in [0.05, 0.1) is 0 Å². The molecule has 0 aromatic rings. The van der Waals surface area contributed by atoms with Gasteiger partial charge in [0.2, 0.25) is 0 Å². The van der Waals surface area contributed by atoms with Crippen LogP contribution in [0.5, 0.6) is 0 Å². The monoisotopic (exact) mass is 272 g/mol. The maximum absolute atomic E-state index is 9.31. The number of hydrogen-bond acceptors (Lipinski definition) is 1. The molecule has 7 heavy (non-hydrogen) atoms. The van der Waals surface area contributed by atoms with Crippen molar-refractivity contribution in [1.29, 1.82) is 0 Å². The first-order valence-corrected chi connectivity index (χ1v) is 1.29. The standard InChI is InChI=1S/C3H5O2.CH3.W/c1-2-3(4)5;;/h2H,1H3,(H,4,5);1H3;/q2*-1;+2. The van der Waals surface area contributed by atoms with Crippen molar-refractivity contribution in [3.05, 3.63) is 13.8 Å². The first-order valence-electron chi connectivity index (χ1n) is 1.29. The van der Waals surface area contributed by atoms with Crippen LogP contribution in [0.15, 0.2) is 0 Å². The summed E-state index contributed by atoms with van der Waals surface area (Å²) < 4.78 is 0. The van der Waals surface area contributed by atoms with Crippen molar-refractivity contribution >= 4 is 5.97 Å². The fourth-order valence-corrected chi connectivity index (χ4v) is 0. The van der Waals surface area contributed by atoms with Gasteiger partial charge in [-0.05, 0) is 0 Å². The molecule has 0 saturated carbocycles. The molecule has 0 bridgehead atoms. The van der Waals surface area contributed by atoms with Gasteiger partial charge in [-0.2, -0.15) is 6.92 Å². The van der Waals surface area contributed by atoms with Gasteiger partial charge in [-0.1, -0.05) is 0 Å². The van der Waals surface area contributed by atoms with E-state index in [4.69, 9.17) is 5.11 Å². The molecule has 0 rings (SSSR count). The number of hydrogen-bond donors (Lipinski definition) is 1. The van der Waals surface area contributed by atoms with E-state index in [2.05, 4.69) is 0 Å². The zero-order valence-electron chi connectivity index (χ0n) is 4.34. The van der Waals surface area contributed by atoms with Gasteiger partial charge in [0.15, 0.2) is 5.97 Å². The van der Waals surface area contributed by atoms with E-state index < -0.39 is 5.97 Å². The molecule has 42 valence electrons. The Labute approximate surface area is 58.2 Å². The van der Waals surface area contributed by atoms with Crippen LogP contribution in [0, 0.1) is 13.8 Å². The third-order valence-electron chi connectivity index (χ3n) is 0.247. The maximum Gasteiger partial charge on any atom is 2.00 e. The van der Waals surface area contributed by atoms with Gasteiger partial charge in [0.1, 0.15) is 0 Å². The molecule has 0 aliphatic heterocycles. The molecular formula is C4H8O2W. The summed E-state index contributed by atoms with van der Waals surface area (Å²) in [7, 11) is 0. The van der Waals surface area contributed by atoms with Crippen molar-refractivity contribution in [3.8, 4) is 0 Å². The quantitative estimate of drug-likeness (QED) is 0.715. The predicted molar refractivity (Wildman–Crippen MR) is 24.0 cm³/mol. The zero-order valence-corrected chi connectivity index (χ0v) is 7.27. The smallest absolute Gasteiger partial charge is 0.503 e. The predicted octanol–water partition coefficient (Wildman–Crippen LogP) is 0.743. The molecule has 1 N–H and O–H groups in total. The van der Waals surface area contributed by atoms with Crippen LogP contribution in [0.3, 0.4) is 0 Å². The number of carboxylic acid groups (broad SMARTS) is 1. The summed E-state index contributed by atoms with van der Waals surface area (Å²) in [5, 5.41) is 7.67. The van der Waals surface area contributed by atoms with Crippen molar-refractivity contribution < 1.29 is 31.0 Å². The topological polar surface area (TPSA) is 37.3 Å². The minimum absolute atomic E-state index is 0. The molecule has 0 aromatic heterocycles. The van der Waals surface area contributed by atoms with Crippen LogP contribution in [0.4, 0.5) is 0 Å². The van der Waals surface area contributed by atoms with Gasteiger partial charge in [-0.3, -0.25) is 11.2 Å². The minimum Gasteiger partial charge on any atom is -0.503 e. The number of carboxylic acids is 1. The fourth-order valence-electron chi connectivity index (χ4n) is 0. The Kier molecular flexibility index (Phi) is 21.1. The van der Waals surface area contributed by atoms with Crippen LogP contribution in [-0.2, 0) is 25.9 Å². The summed E-state index contributed by atoms with van der Waals surface area (Å²) in [5.74, 6) is -0.870. The van der Waals surface area contributed by atoms with E-state index in [1.807, 2.05) is 0 Å². The second-order valence-electron chi connectivity index (χ2n) is 0.627. The third-order valence-corrected chi connectivity index (χ3v) is 0.247. The summed E-state index contributed by atoms with van der Waals surface area (Å²) in [6.07, 6.45) is 1.08. The van der Waals surface area contributed by atoms with Crippen molar-refractivity contribution in [1.82, 2.24) is 0 Å². The second-order valence-corrected chi connectivity index (χ2v) is 0.627. The molecule has 0 saturated heterocycles. The van der Waals surface area contributed by atoms with Crippen LogP contribution in [0.25, 0.3) is 0 Å². The number of carbonyl (C=O) groups is 1. The van der Waals surface area contributed by atoms with Gasteiger partial charge >= 0.3 is 21.1 Å². The van der Waals surface area contributed by atoms with Gasteiger partial charge in [0, 0.05) is 0 Å². The van der Waals surface area contributed by atoms with Crippen molar-refractivity contribution in [2.24, 2.45) is 0 Å². The molecule has 3 heteroatoms. The Morgan fingerprint density at radius 3 is 1.86 bits per heavy atom. The van der Waals surface area contributed by atoms with Crippen LogP contribution >= 0.6 is 0 Å². The molecule has 0 radical (unpaired) electrons. The number of aliphatic carboxylic acids is 1. The molecule has 0 aliphatic rings. The average molecular weight is 272 g/mol. The van der Waals surface area contributed by atoms with E-state index in [1.54, 1.807) is 0 Å². The summed E-state index contributed by atoms with van der Waals surface area (Å²) in [4.78, 5) is 9.31. The second kappa shape index (κ2) is 9.39. The Morgan fingerprint density at radius 1 is 1.71 bits per heavy atom. The molecule has 0 aromatic carbocycles. The molecule has 2 nitrogen and oxygen atoms in total. The molecule has 0 fully saturated rings. The Hall–Kier alpha value is 0.0283. The molecule has 0 spiro atoms. The van der Waals surface area contributed by atoms with Crippen LogP contribution in [-0.4, -0.2) is 11.1 Å². The molecule has 0 amide bonds. The van der Waals surface area contributed by atoms with Crippen LogP contribution < -0.4 is 0 Å². The van der Waals surface area contributed by atoms with E-state index in [0.29, 0.717) is 0 Å². The van der Waals surface area contributed by atoms with Crippen LogP contribution in [0.2, 0.25) is 0 Å². The van der Waals surface area contributed by atoms with Gasteiger partial charge < -0.3 is 12.5 Å². The average Bonchev–Trinajstić information content (AvgIpc) is 1.38. The Morgan fingerprint density at radius 2 is 1.86 bits per heavy atom. The number of rotatable bonds is 1. The SMILES string of the molecule is C[CH-]C(=O)O.[CH3-].[W+2]. The first-order chi connectivity index (χ1) is 2.27.